The molecule has 5 heteroatoms. The minimum absolute atomic E-state index is 0.661. The van der Waals surface area contributed by atoms with Crippen LogP contribution in [0.3, 0.4) is 0 Å². The van der Waals surface area contributed by atoms with Crippen LogP contribution in [0.25, 0.3) is 33.5 Å². The molecule has 0 bridgehead atoms. The van der Waals surface area contributed by atoms with E-state index >= 15 is 0 Å². The summed E-state index contributed by atoms with van der Waals surface area (Å²) in [6, 6.07) is 9.86. The van der Waals surface area contributed by atoms with Crippen LogP contribution in [0.5, 0.6) is 0 Å². The molecular formula is C16H11N3S2. The standard InChI is InChI=1S/C16H11N3S2/c17-12-2-1-3-13-16(12)19-15(11-5-7-21-9-11)14(18-13)10-4-6-20-8-10/h1-9H,17H2. The van der Waals surface area contributed by atoms with Crippen molar-refractivity contribution < 1.29 is 0 Å². The first-order valence-corrected chi connectivity index (χ1v) is 8.33. The van der Waals surface area contributed by atoms with Crippen LogP contribution in [0.15, 0.2) is 51.9 Å². The van der Waals surface area contributed by atoms with Gasteiger partial charge in [0.1, 0.15) is 5.52 Å². The molecule has 21 heavy (non-hydrogen) atoms. The number of fused-ring (bicyclic) bond motifs is 1. The summed E-state index contributed by atoms with van der Waals surface area (Å²) in [6.07, 6.45) is 0. The SMILES string of the molecule is Nc1cccc2nc(-c3ccsc3)c(-c3ccsc3)nc12. The van der Waals surface area contributed by atoms with E-state index in [1.807, 2.05) is 23.6 Å². The fourth-order valence-corrected chi connectivity index (χ4v) is 3.58. The van der Waals surface area contributed by atoms with E-state index in [0.717, 1.165) is 33.5 Å². The number of nitrogens with zero attached hydrogens (tertiary/aromatic N) is 2. The Balaban J connectivity index is 2.08. The number of thiophene rings is 2. The first-order chi connectivity index (χ1) is 10.3. The van der Waals surface area contributed by atoms with E-state index in [4.69, 9.17) is 15.7 Å². The van der Waals surface area contributed by atoms with Gasteiger partial charge in [0.25, 0.3) is 0 Å². The van der Waals surface area contributed by atoms with Gasteiger partial charge in [0.05, 0.1) is 22.6 Å². The van der Waals surface area contributed by atoms with Crippen molar-refractivity contribution >= 4 is 39.4 Å². The van der Waals surface area contributed by atoms with Gasteiger partial charge in [-0.15, -0.1) is 0 Å². The summed E-state index contributed by atoms with van der Waals surface area (Å²) in [5.74, 6) is 0. The van der Waals surface area contributed by atoms with E-state index in [0.29, 0.717) is 5.69 Å². The van der Waals surface area contributed by atoms with Crippen LogP contribution in [0.2, 0.25) is 0 Å². The van der Waals surface area contributed by atoms with Crippen molar-refractivity contribution in [2.75, 3.05) is 5.73 Å². The maximum absolute atomic E-state index is 6.05. The van der Waals surface area contributed by atoms with Gasteiger partial charge in [0, 0.05) is 21.9 Å². The maximum Gasteiger partial charge on any atom is 0.112 e. The molecule has 0 saturated heterocycles. The molecule has 0 atom stereocenters. The van der Waals surface area contributed by atoms with Crippen molar-refractivity contribution in [2.24, 2.45) is 0 Å². The predicted molar refractivity (Wildman–Crippen MR) is 90.6 cm³/mol. The van der Waals surface area contributed by atoms with E-state index in [1.54, 1.807) is 22.7 Å². The van der Waals surface area contributed by atoms with E-state index in [9.17, 15) is 0 Å². The summed E-state index contributed by atoms with van der Waals surface area (Å²) in [4.78, 5) is 9.60. The molecule has 0 spiro atoms. The van der Waals surface area contributed by atoms with Crippen molar-refractivity contribution in [3.63, 3.8) is 0 Å². The number of para-hydroxylation sites is 1. The smallest absolute Gasteiger partial charge is 0.112 e. The second-order valence-corrected chi connectivity index (χ2v) is 6.22. The summed E-state index contributed by atoms with van der Waals surface area (Å²) < 4.78 is 0. The summed E-state index contributed by atoms with van der Waals surface area (Å²) in [6.45, 7) is 0. The van der Waals surface area contributed by atoms with E-state index in [2.05, 4.69) is 28.3 Å². The zero-order valence-corrected chi connectivity index (χ0v) is 12.6. The predicted octanol–water partition coefficient (Wildman–Crippen LogP) is 4.67. The zero-order valence-electron chi connectivity index (χ0n) is 11.0. The lowest BCUT2D eigenvalue weighted by molar-refractivity contribution is 1.30. The average molecular weight is 309 g/mol. The monoisotopic (exact) mass is 309 g/mol. The summed E-state index contributed by atoms with van der Waals surface area (Å²) in [5.41, 5.74) is 12.3. The highest BCUT2D eigenvalue weighted by atomic mass is 32.1. The fourth-order valence-electron chi connectivity index (χ4n) is 2.30. The normalized spacial score (nSPS) is 11.0. The molecule has 1 aromatic carbocycles. The van der Waals surface area contributed by atoms with E-state index in [-0.39, 0.29) is 0 Å². The molecule has 0 aliphatic carbocycles. The molecular weight excluding hydrogens is 298 g/mol. The third kappa shape index (κ3) is 2.11. The summed E-state index contributed by atoms with van der Waals surface area (Å²) >= 11 is 3.31. The number of hydrogen-bond acceptors (Lipinski definition) is 5. The molecule has 102 valence electrons. The Hall–Kier alpha value is -2.24. The molecule has 2 N–H and O–H groups in total. The second kappa shape index (κ2) is 4.95. The van der Waals surface area contributed by atoms with Gasteiger partial charge >= 0.3 is 0 Å². The molecule has 0 aliphatic rings. The Labute approximate surface area is 129 Å². The summed E-state index contributed by atoms with van der Waals surface area (Å²) in [7, 11) is 0. The van der Waals surface area contributed by atoms with Gasteiger partial charge in [-0.1, -0.05) is 6.07 Å². The molecule has 4 aromatic rings. The van der Waals surface area contributed by atoms with Crippen LogP contribution < -0.4 is 5.73 Å². The van der Waals surface area contributed by atoms with Gasteiger partial charge in [-0.3, -0.25) is 0 Å². The molecule has 3 aromatic heterocycles. The van der Waals surface area contributed by atoms with Crippen LogP contribution in [0.1, 0.15) is 0 Å². The number of aromatic nitrogens is 2. The highest BCUT2D eigenvalue weighted by Crippen LogP contribution is 2.34. The fraction of sp³-hybridized carbons (Fsp3) is 0. The lowest BCUT2D eigenvalue weighted by Gasteiger charge is -2.09. The molecule has 3 nitrogen and oxygen atoms in total. The van der Waals surface area contributed by atoms with E-state index < -0.39 is 0 Å². The van der Waals surface area contributed by atoms with Gasteiger partial charge in [-0.05, 0) is 35.0 Å². The molecule has 0 aliphatic heterocycles. The van der Waals surface area contributed by atoms with Crippen LogP contribution >= 0.6 is 22.7 Å². The van der Waals surface area contributed by atoms with Crippen molar-refractivity contribution in [1.29, 1.82) is 0 Å². The molecule has 0 fully saturated rings. The average Bonchev–Trinajstić information content (AvgIpc) is 3.20. The Morgan fingerprint density at radius 1 is 0.810 bits per heavy atom. The van der Waals surface area contributed by atoms with Gasteiger partial charge < -0.3 is 5.73 Å². The molecule has 0 saturated carbocycles. The van der Waals surface area contributed by atoms with Crippen LogP contribution in [0.4, 0.5) is 5.69 Å². The highest BCUT2D eigenvalue weighted by Gasteiger charge is 2.14. The minimum atomic E-state index is 0.661. The Morgan fingerprint density at radius 2 is 1.48 bits per heavy atom. The Bertz CT molecular complexity index is 897. The van der Waals surface area contributed by atoms with Gasteiger partial charge in [0.2, 0.25) is 0 Å². The van der Waals surface area contributed by atoms with Crippen LogP contribution in [0, 0.1) is 0 Å². The Morgan fingerprint density at radius 3 is 2.10 bits per heavy atom. The number of anilines is 1. The third-order valence-corrected chi connectivity index (χ3v) is 4.68. The molecule has 0 amide bonds. The lowest BCUT2D eigenvalue weighted by atomic mass is 10.1. The van der Waals surface area contributed by atoms with Crippen molar-refractivity contribution in [3.05, 3.63) is 51.9 Å². The molecule has 0 radical (unpaired) electrons. The largest absolute Gasteiger partial charge is 0.397 e. The number of nitrogens with two attached hydrogens (primary N) is 1. The first-order valence-electron chi connectivity index (χ1n) is 6.44. The summed E-state index contributed by atoms with van der Waals surface area (Å²) in [5, 5.41) is 8.29. The van der Waals surface area contributed by atoms with E-state index in [1.165, 1.54) is 0 Å². The zero-order chi connectivity index (χ0) is 14.2. The topological polar surface area (TPSA) is 51.8 Å². The third-order valence-electron chi connectivity index (χ3n) is 3.32. The number of benzene rings is 1. The first kappa shape index (κ1) is 12.5. The quantitative estimate of drug-likeness (QED) is 0.547. The van der Waals surface area contributed by atoms with Gasteiger partial charge in [0.15, 0.2) is 0 Å². The van der Waals surface area contributed by atoms with Crippen LogP contribution in [-0.2, 0) is 0 Å². The van der Waals surface area contributed by atoms with Crippen molar-refractivity contribution in [1.82, 2.24) is 9.97 Å². The van der Waals surface area contributed by atoms with Gasteiger partial charge in [-0.25, -0.2) is 9.97 Å². The second-order valence-electron chi connectivity index (χ2n) is 4.66. The van der Waals surface area contributed by atoms with Crippen molar-refractivity contribution in [3.8, 4) is 22.5 Å². The minimum Gasteiger partial charge on any atom is -0.397 e. The van der Waals surface area contributed by atoms with Gasteiger partial charge in [-0.2, -0.15) is 22.7 Å². The molecule has 3 heterocycles. The maximum atomic E-state index is 6.05. The Kier molecular flexibility index (Phi) is 2.94. The molecule has 0 unspecified atom stereocenters. The van der Waals surface area contributed by atoms with Crippen LogP contribution in [-0.4, -0.2) is 9.97 Å². The number of rotatable bonds is 2. The van der Waals surface area contributed by atoms with Crippen molar-refractivity contribution in [2.45, 2.75) is 0 Å². The lowest BCUT2D eigenvalue weighted by Crippen LogP contribution is -1.97. The molecule has 4 rings (SSSR count). The highest BCUT2D eigenvalue weighted by molar-refractivity contribution is 7.08. The number of nitrogen functional groups attached to an aromatic ring is 1. The number of hydrogen-bond donors (Lipinski definition) is 1.